The third-order valence-electron chi connectivity index (χ3n) is 3.33. The van der Waals surface area contributed by atoms with Gasteiger partial charge in [-0.3, -0.25) is 0 Å². The van der Waals surface area contributed by atoms with Crippen LogP contribution in [0.1, 0.15) is 19.4 Å². The van der Waals surface area contributed by atoms with E-state index in [9.17, 15) is 10.2 Å². The number of hydrogen-bond donors (Lipinski definition) is 3. The van der Waals surface area contributed by atoms with E-state index in [1.165, 1.54) is 5.56 Å². The number of aliphatic hydroxyl groups excluding tert-OH is 2. The molecule has 1 fully saturated rings. The van der Waals surface area contributed by atoms with Gasteiger partial charge >= 0.3 is 0 Å². The number of benzene rings is 1. The maximum absolute atomic E-state index is 9.60. The Balaban J connectivity index is 2.07. The van der Waals surface area contributed by atoms with Gasteiger partial charge in [-0.15, -0.1) is 0 Å². The fraction of sp³-hybridized carbons (Fsp3) is 0.571. The van der Waals surface area contributed by atoms with E-state index in [2.05, 4.69) is 47.2 Å². The Morgan fingerprint density at radius 3 is 2.47 bits per heavy atom. The lowest BCUT2D eigenvalue weighted by atomic mass is 10.2. The van der Waals surface area contributed by atoms with Gasteiger partial charge in [0.15, 0.2) is 0 Å². The van der Waals surface area contributed by atoms with E-state index in [4.69, 9.17) is 0 Å². The van der Waals surface area contributed by atoms with Crippen LogP contribution >= 0.6 is 15.9 Å². The number of nitrogens with one attached hydrogen (secondary N) is 1. The summed E-state index contributed by atoms with van der Waals surface area (Å²) < 4.78 is 0.997. The minimum absolute atomic E-state index is 0.460. The summed E-state index contributed by atoms with van der Waals surface area (Å²) in [6.07, 6.45) is -1.32. The van der Waals surface area contributed by atoms with Crippen LogP contribution in [-0.2, 0) is 6.54 Å². The SMILES string of the molecule is CC(C)NCc1ccc(N2CC(O)C(O)C2)c(Br)c1. The standard InChI is InChI=1S/C14H21BrN2O2/c1-9(2)16-6-10-3-4-12(11(15)5-10)17-7-13(18)14(19)8-17/h3-5,9,13-14,16,18-19H,6-8H2,1-2H3. The molecule has 2 atom stereocenters. The van der Waals surface area contributed by atoms with Crippen molar-refractivity contribution < 1.29 is 10.2 Å². The summed E-state index contributed by atoms with van der Waals surface area (Å²) in [7, 11) is 0. The van der Waals surface area contributed by atoms with Crippen LogP contribution < -0.4 is 10.2 Å². The number of nitrogens with zero attached hydrogens (tertiary/aromatic N) is 1. The van der Waals surface area contributed by atoms with Gasteiger partial charge in [-0.1, -0.05) is 19.9 Å². The molecule has 0 amide bonds. The highest BCUT2D eigenvalue weighted by Crippen LogP contribution is 2.30. The molecule has 106 valence electrons. The molecule has 3 N–H and O–H groups in total. The van der Waals surface area contributed by atoms with Crippen molar-refractivity contribution in [2.75, 3.05) is 18.0 Å². The first-order valence-electron chi connectivity index (χ1n) is 6.60. The number of β-amino-alcohol motifs (C(OH)–C–C–N with tert-alkyl or cyclic N) is 2. The molecule has 1 aliphatic rings. The van der Waals surface area contributed by atoms with Gasteiger partial charge in [0.1, 0.15) is 0 Å². The highest BCUT2D eigenvalue weighted by molar-refractivity contribution is 9.10. The molecule has 0 aromatic heterocycles. The van der Waals surface area contributed by atoms with Crippen LogP contribution in [0.3, 0.4) is 0 Å². The minimum Gasteiger partial charge on any atom is -0.389 e. The molecule has 2 rings (SSSR count). The van der Waals surface area contributed by atoms with Crippen LogP contribution in [-0.4, -0.2) is 41.6 Å². The molecular formula is C14H21BrN2O2. The van der Waals surface area contributed by atoms with Gasteiger partial charge in [-0.25, -0.2) is 0 Å². The first-order chi connectivity index (χ1) is 8.97. The lowest BCUT2D eigenvalue weighted by Gasteiger charge is -2.20. The van der Waals surface area contributed by atoms with Crippen molar-refractivity contribution in [1.29, 1.82) is 0 Å². The zero-order valence-electron chi connectivity index (χ0n) is 11.3. The van der Waals surface area contributed by atoms with Crippen molar-refractivity contribution in [3.8, 4) is 0 Å². The fourth-order valence-electron chi connectivity index (χ4n) is 2.20. The first-order valence-corrected chi connectivity index (χ1v) is 7.39. The molecule has 1 heterocycles. The predicted octanol–water partition coefficient (Wildman–Crippen LogP) is 1.49. The number of rotatable bonds is 4. The third-order valence-corrected chi connectivity index (χ3v) is 3.96. The summed E-state index contributed by atoms with van der Waals surface area (Å²) in [5, 5.41) is 22.6. The van der Waals surface area contributed by atoms with Crippen molar-refractivity contribution in [3.05, 3.63) is 28.2 Å². The maximum atomic E-state index is 9.60. The fourth-order valence-corrected chi connectivity index (χ4v) is 2.88. The number of hydrogen-bond acceptors (Lipinski definition) is 4. The van der Waals surface area contributed by atoms with Crippen molar-refractivity contribution in [1.82, 2.24) is 5.32 Å². The summed E-state index contributed by atoms with van der Waals surface area (Å²) in [4.78, 5) is 2.00. The van der Waals surface area contributed by atoms with Gasteiger partial charge in [-0.2, -0.15) is 0 Å². The van der Waals surface area contributed by atoms with Crippen molar-refractivity contribution in [2.45, 2.75) is 38.6 Å². The highest BCUT2D eigenvalue weighted by Gasteiger charge is 2.30. The van der Waals surface area contributed by atoms with E-state index in [1.807, 2.05) is 11.0 Å². The molecule has 0 spiro atoms. The Labute approximate surface area is 122 Å². The second-order valence-corrected chi connectivity index (χ2v) is 6.22. The topological polar surface area (TPSA) is 55.7 Å². The smallest absolute Gasteiger partial charge is 0.0990 e. The molecule has 1 aromatic rings. The first kappa shape index (κ1) is 14.8. The van der Waals surface area contributed by atoms with Crippen LogP contribution in [0.4, 0.5) is 5.69 Å². The Morgan fingerprint density at radius 2 is 1.95 bits per heavy atom. The van der Waals surface area contributed by atoms with Crippen LogP contribution in [0, 0.1) is 0 Å². The van der Waals surface area contributed by atoms with E-state index in [-0.39, 0.29) is 0 Å². The monoisotopic (exact) mass is 328 g/mol. The largest absolute Gasteiger partial charge is 0.389 e. The Bertz CT molecular complexity index is 429. The van der Waals surface area contributed by atoms with Gasteiger partial charge in [0, 0.05) is 30.1 Å². The molecule has 5 heteroatoms. The zero-order chi connectivity index (χ0) is 14.0. The average molecular weight is 329 g/mol. The zero-order valence-corrected chi connectivity index (χ0v) is 12.9. The third kappa shape index (κ3) is 3.69. The van der Waals surface area contributed by atoms with Crippen LogP contribution in [0.2, 0.25) is 0 Å². The summed E-state index contributed by atoms with van der Waals surface area (Å²) >= 11 is 3.57. The second-order valence-electron chi connectivity index (χ2n) is 5.36. The van der Waals surface area contributed by atoms with Crippen molar-refractivity contribution >= 4 is 21.6 Å². The molecule has 0 bridgehead atoms. The number of halogens is 1. The van der Waals surface area contributed by atoms with Crippen molar-refractivity contribution in [2.24, 2.45) is 0 Å². The number of anilines is 1. The molecular weight excluding hydrogens is 308 g/mol. The quantitative estimate of drug-likeness (QED) is 0.783. The molecule has 4 nitrogen and oxygen atoms in total. The Hall–Kier alpha value is -0.620. The minimum atomic E-state index is -0.658. The molecule has 0 radical (unpaired) electrons. The summed E-state index contributed by atoms with van der Waals surface area (Å²) in [5.74, 6) is 0. The summed E-state index contributed by atoms with van der Waals surface area (Å²) in [6.45, 7) is 6.03. The average Bonchev–Trinajstić information content (AvgIpc) is 2.67. The highest BCUT2D eigenvalue weighted by atomic mass is 79.9. The molecule has 0 aliphatic carbocycles. The van der Waals surface area contributed by atoms with E-state index >= 15 is 0 Å². The van der Waals surface area contributed by atoms with Crippen LogP contribution in [0.25, 0.3) is 0 Å². The van der Waals surface area contributed by atoms with E-state index in [0.29, 0.717) is 19.1 Å². The normalized spacial score (nSPS) is 23.4. The van der Waals surface area contributed by atoms with Gasteiger partial charge in [-0.05, 0) is 33.6 Å². The molecule has 19 heavy (non-hydrogen) atoms. The van der Waals surface area contributed by atoms with Gasteiger partial charge < -0.3 is 20.4 Å². The Kier molecular flexibility index (Phi) is 4.84. The van der Waals surface area contributed by atoms with E-state index in [0.717, 1.165) is 16.7 Å². The lowest BCUT2D eigenvalue weighted by molar-refractivity contribution is 0.0572. The van der Waals surface area contributed by atoms with Gasteiger partial charge in [0.2, 0.25) is 0 Å². The summed E-state index contributed by atoms with van der Waals surface area (Å²) in [6, 6.07) is 6.66. The van der Waals surface area contributed by atoms with Crippen LogP contribution in [0.5, 0.6) is 0 Å². The van der Waals surface area contributed by atoms with Gasteiger partial charge in [0.25, 0.3) is 0 Å². The van der Waals surface area contributed by atoms with E-state index in [1.54, 1.807) is 0 Å². The Morgan fingerprint density at radius 1 is 1.32 bits per heavy atom. The predicted molar refractivity (Wildman–Crippen MR) is 80.3 cm³/mol. The second kappa shape index (κ2) is 6.22. The molecule has 0 saturated carbocycles. The van der Waals surface area contributed by atoms with Gasteiger partial charge in [0.05, 0.1) is 17.9 Å². The van der Waals surface area contributed by atoms with Crippen molar-refractivity contribution in [3.63, 3.8) is 0 Å². The number of aliphatic hydroxyl groups is 2. The molecule has 1 aromatic carbocycles. The van der Waals surface area contributed by atoms with E-state index < -0.39 is 12.2 Å². The maximum Gasteiger partial charge on any atom is 0.0990 e. The molecule has 2 unspecified atom stereocenters. The molecule has 1 saturated heterocycles. The molecule has 1 aliphatic heterocycles. The lowest BCUT2D eigenvalue weighted by Crippen LogP contribution is -2.23. The van der Waals surface area contributed by atoms with Crippen LogP contribution in [0.15, 0.2) is 22.7 Å². The summed E-state index contributed by atoms with van der Waals surface area (Å²) in [5.41, 5.74) is 2.23.